The fourth-order valence-electron chi connectivity index (χ4n) is 2.48. The quantitative estimate of drug-likeness (QED) is 0.542. The Bertz CT molecular complexity index is 887. The molecule has 1 atom stereocenters. The molecular weight excluding hydrogens is 351 g/mol. The van der Waals surface area contributed by atoms with Crippen molar-refractivity contribution in [3.63, 3.8) is 0 Å². The molecule has 0 bridgehead atoms. The van der Waals surface area contributed by atoms with Crippen molar-refractivity contribution in [3.05, 3.63) is 35.2 Å². The molecule has 0 spiro atoms. The van der Waals surface area contributed by atoms with Gasteiger partial charge in [0.15, 0.2) is 11.4 Å². The molecule has 0 radical (unpaired) electrons. The maximum atomic E-state index is 12.7. The van der Waals surface area contributed by atoms with Gasteiger partial charge < -0.3 is 14.0 Å². The molecule has 0 amide bonds. The third-order valence-corrected chi connectivity index (χ3v) is 4.90. The average molecular weight is 370 g/mol. The Labute approximate surface area is 171 Å². The molecule has 0 aliphatic heterocycles. The number of hydrogen-bond acceptors (Lipinski definition) is 6. The Kier molecular flexibility index (Phi) is 6.70. The number of nitrogens with zero attached hydrogens (tertiary/aromatic N) is 3. The van der Waals surface area contributed by atoms with Crippen LogP contribution in [0.5, 0.6) is 11.6 Å². The van der Waals surface area contributed by atoms with Crippen molar-refractivity contribution in [2.45, 2.75) is 24.8 Å². The molecule has 9 heteroatoms. The van der Waals surface area contributed by atoms with E-state index in [1.54, 1.807) is 32.5 Å². The number of aromatic amines is 1. The van der Waals surface area contributed by atoms with E-state index >= 15 is 0 Å². The number of imidazole rings is 1. The first-order chi connectivity index (χ1) is 11.5. The van der Waals surface area contributed by atoms with Crippen molar-refractivity contribution in [2.24, 2.45) is 0 Å². The summed E-state index contributed by atoms with van der Waals surface area (Å²) in [6.45, 7) is 3.84. The van der Waals surface area contributed by atoms with E-state index in [0.29, 0.717) is 22.2 Å². The van der Waals surface area contributed by atoms with Crippen LogP contribution in [0.2, 0.25) is 0 Å². The second kappa shape index (κ2) is 8.37. The molecule has 0 aliphatic rings. The second-order valence-corrected chi connectivity index (χ2v) is 6.67. The van der Waals surface area contributed by atoms with Crippen LogP contribution in [-0.4, -0.2) is 68.3 Å². The van der Waals surface area contributed by atoms with Crippen LogP contribution in [0.15, 0.2) is 23.5 Å². The summed E-state index contributed by atoms with van der Waals surface area (Å²) in [6.07, 6.45) is 1.73. The Morgan fingerprint density at radius 1 is 1.16 bits per heavy atom. The molecule has 7 nitrogen and oxygen atoms in total. The molecule has 1 unspecified atom stereocenters. The van der Waals surface area contributed by atoms with Gasteiger partial charge in [-0.15, -0.1) is 0 Å². The molecule has 25 heavy (non-hydrogen) atoms. The molecule has 3 aromatic rings. The van der Waals surface area contributed by atoms with Crippen LogP contribution >= 0.6 is 0 Å². The van der Waals surface area contributed by atoms with Gasteiger partial charge in [0.05, 0.1) is 25.4 Å². The van der Waals surface area contributed by atoms with Gasteiger partial charge in [0.25, 0.3) is 0 Å². The van der Waals surface area contributed by atoms with E-state index in [1.165, 1.54) is 0 Å². The molecule has 1 N–H and O–H groups in total. The Hall–Kier alpha value is -1.32. The molecule has 3 aromatic heterocycles. The topological polar surface area (TPSA) is 96.0 Å². The van der Waals surface area contributed by atoms with E-state index < -0.39 is 11.2 Å². The minimum absolute atomic E-state index is 0. The summed E-state index contributed by atoms with van der Waals surface area (Å²) in [5.41, 5.74) is 3.75. The number of H-pyrrole nitrogens is 1. The molecule has 0 fully saturated rings. The summed E-state index contributed by atoms with van der Waals surface area (Å²) in [5, 5.41) is 0.367. The number of fused-ring (bicyclic) bond motifs is 1. The van der Waals surface area contributed by atoms with Gasteiger partial charge in [-0.25, -0.2) is 0 Å². The molecule has 0 aliphatic carbocycles. The Morgan fingerprint density at radius 2 is 1.92 bits per heavy atom. The van der Waals surface area contributed by atoms with Gasteiger partial charge in [-0.1, -0.05) is 0 Å². The van der Waals surface area contributed by atoms with E-state index in [-0.39, 0.29) is 35.3 Å². The summed E-state index contributed by atoms with van der Waals surface area (Å²) in [4.78, 5) is 15.9. The summed E-state index contributed by atoms with van der Waals surface area (Å²) in [5.74, 6) is 1.49. The SMILES string of the molecule is COc1ccc2[nH]c([S+]([O-])Cc3ncc(C)c(OC)c3C)nc2n1.[NaH]. The van der Waals surface area contributed by atoms with E-state index in [0.717, 1.165) is 22.6 Å². The van der Waals surface area contributed by atoms with Crippen molar-refractivity contribution in [1.82, 2.24) is 19.9 Å². The molecule has 128 valence electrons. The summed E-state index contributed by atoms with van der Waals surface area (Å²) < 4.78 is 23.1. The van der Waals surface area contributed by atoms with Crippen LogP contribution in [0.25, 0.3) is 11.2 Å². The number of hydrogen-bond donors (Lipinski definition) is 1. The van der Waals surface area contributed by atoms with Gasteiger partial charge in [-0.2, -0.15) is 9.97 Å². The second-order valence-electron chi connectivity index (χ2n) is 5.30. The van der Waals surface area contributed by atoms with Gasteiger partial charge in [-0.05, 0) is 19.9 Å². The predicted octanol–water partition coefficient (Wildman–Crippen LogP) is 1.65. The third-order valence-electron chi connectivity index (χ3n) is 3.74. The van der Waals surface area contributed by atoms with Crippen LogP contribution in [-0.2, 0) is 16.9 Å². The zero-order chi connectivity index (χ0) is 17.3. The van der Waals surface area contributed by atoms with Gasteiger partial charge in [0, 0.05) is 34.6 Å². The van der Waals surface area contributed by atoms with Gasteiger partial charge in [0.1, 0.15) is 5.75 Å². The number of aryl methyl sites for hydroxylation is 1. The van der Waals surface area contributed by atoms with E-state index in [9.17, 15) is 4.55 Å². The predicted molar refractivity (Wildman–Crippen MR) is 98.0 cm³/mol. The first-order valence-corrected chi connectivity index (χ1v) is 8.63. The molecule has 3 heterocycles. The van der Waals surface area contributed by atoms with Crippen LogP contribution in [0.3, 0.4) is 0 Å². The number of aromatic nitrogens is 4. The zero-order valence-electron chi connectivity index (χ0n) is 13.9. The third kappa shape index (κ3) is 4.09. The molecule has 3 rings (SSSR count). The Balaban J connectivity index is 0.00000225. The van der Waals surface area contributed by atoms with Gasteiger partial charge >= 0.3 is 34.7 Å². The number of rotatable bonds is 5. The van der Waals surface area contributed by atoms with E-state index in [4.69, 9.17) is 9.47 Å². The minimum atomic E-state index is -1.37. The number of nitrogens with one attached hydrogen (secondary N) is 1. The normalized spacial score (nSPS) is 11.9. The van der Waals surface area contributed by atoms with Crippen molar-refractivity contribution < 1.29 is 14.0 Å². The fraction of sp³-hybridized carbons (Fsp3) is 0.312. The molecule has 0 saturated carbocycles. The van der Waals surface area contributed by atoms with E-state index in [1.807, 2.05) is 13.8 Å². The van der Waals surface area contributed by atoms with Crippen molar-refractivity contribution in [1.29, 1.82) is 0 Å². The summed E-state index contributed by atoms with van der Waals surface area (Å²) >= 11 is -1.37. The number of methoxy groups -OCH3 is 2. The average Bonchev–Trinajstić information content (AvgIpc) is 3.01. The summed E-state index contributed by atoms with van der Waals surface area (Å²) in [7, 11) is 3.16. The van der Waals surface area contributed by atoms with Crippen LogP contribution < -0.4 is 9.47 Å². The van der Waals surface area contributed by atoms with Crippen LogP contribution in [0.1, 0.15) is 16.8 Å². The van der Waals surface area contributed by atoms with Crippen molar-refractivity contribution in [2.75, 3.05) is 14.2 Å². The monoisotopic (exact) mass is 370 g/mol. The summed E-state index contributed by atoms with van der Waals surface area (Å²) in [6, 6.07) is 3.52. The first kappa shape index (κ1) is 20.0. The number of ether oxygens (including phenoxy) is 2. The molecule has 0 aromatic carbocycles. The maximum absolute atomic E-state index is 12.7. The molecular formula is C16H19N4NaO3S. The van der Waals surface area contributed by atoms with E-state index in [2.05, 4.69) is 19.9 Å². The van der Waals surface area contributed by atoms with Gasteiger partial charge in [0.2, 0.25) is 5.88 Å². The van der Waals surface area contributed by atoms with Gasteiger partial charge in [-0.3, -0.25) is 9.97 Å². The van der Waals surface area contributed by atoms with Crippen LogP contribution in [0, 0.1) is 13.8 Å². The Morgan fingerprint density at radius 3 is 2.60 bits per heavy atom. The fourth-order valence-corrected chi connectivity index (χ4v) is 3.57. The first-order valence-electron chi connectivity index (χ1n) is 7.31. The van der Waals surface area contributed by atoms with Crippen molar-refractivity contribution in [3.8, 4) is 11.6 Å². The standard InChI is InChI=1S/C16H18N4O3S.Na.H/c1-9-7-17-12(10(2)14(9)23-4)8-24(21)16-18-11-5-6-13(22-3)19-15(11)20-16;;/h5-7H,8H2,1-4H3,(H,18,19,20);;. The zero-order valence-corrected chi connectivity index (χ0v) is 14.7. The van der Waals surface area contributed by atoms with Crippen LogP contribution in [0.4, 0.5) is 0 Å². The van der Waals surface area contributed by atoms with Crippen molar-refractivity contribution >= 4 is 51.9 Å². The molecule has 0 saturated heterocycles. The number of pyridine rings is 2.